The molecule has 20 heavy (non-hydrogen) atoms. The number of amides is 1. The van der Waals surface area contributed by atoms with Crippen molar-refractivity contribution in [3.63, 3.8) is 0 Å². The lowest BCUT2D eigenvalue weighted by Gasteiger charge is -2.34. The smallest absolute Gasteiger partial charge is 0.234 e. The number of fused-ring (bicyclic) bond motifs is 1. The number of hydrogen-bond acceptors (Lipinski definition) is 3. The molecule has 1 amide bonds. The summed E-state index contributed by atoms with van der Waals surface area (Å²) in [7, 11) is 0. The minimum Gasteiger partial charge on any atom is -0.348 e. The van der Waals surface area contributed by atoms with Crippen molar-refractivity contribution >= 4 is 30.1 Å². The van der Waals surface area contributed by atoms with Gasteiger partial charge in [0.1, 0.15) is 0 Å². The van der Waals surface area contributed by atoms with Gasteiger partial charge in [0, 0.05) is 11.4 Å². The molecule has 1 aromatic carbocycles. The number of hydrogen-bond donors (Lipinski definition) is 2. The third-order valence-corrected chi connectivity index (χ3v) is 5.36. The highest BCUT2D eigenvalue weighted by molar-refractivity contribution is 8.01. The second-order valence-corrected chi connectivity index (χ2v) is 6.93. The van der Waals surface area contributed by atoms with E-state index in [2.05, 4.69) is 31.3 Å². The Morgan fingerprint density at radius 3 is 2.70 bits per heavy atom. The topological polar surface area (TPSA) is 55.1 Å². The molecule has 112 valence electrons. The van der Waals surface area contributed by atoms with Gasteiger partial charge in [-0.25, -0.2) is 0 Å². The monoisotopic (exact) mass is 314 g/mol. The summed E-state index contributed by atoms with van der Waals surface area (Å²) >= 11 is 1.65. The molecule has 0 radical (unpaired) electrons. The van der Waals surface area contributed by atoms with E-state index in [-0.39, 0.29) is 29.1 Å². The van der Waals surface area contributed by atoms with Crippen LogP contribution >= 0.6 is 24.2 Å². The molecule has 2 atom stereocenters. The maximum Gasteiger partial charge on any atom is 0.234 e. The number of halogens is 1. The minimum atomic E-state index is -0.327. The predicted octanol–water partition coefficient (Wildman–Crippen LogP) is 2.61. The highest BCUT2D eigenvalue weighted by Crippen LogP contribution is 2.37. The molecule has 0 saturated carbocycles. The van der Waals surface area contributed by atoms with E-state index in [1.807, 2.05) is 19.1 Å². The fraction of sp³-hybridized carbons (Fsp3) is 0.533. The maximum atomic E-state index is 12.4. The summed E-state index contributed by atoms with van der Waals surface area (Å²) in [4.78, 5) is 13.6. The molecule has 1 aliphatic rings. The summed E-state index contributed by atoms with van der Waals surface area (Å²) in [5.41, 5.74) is 6.76. The van der Waals surface area contributed by atoms with Crippen LogP contribution in [0.1, 0.15) is 26.3 Å². The number of rotatable bonds is 4. The van der Waals surface area contributed by atoms with Crippen molar-refractivity contribution in [1.82, 2.24) is 5.32 Å². The quantitative estimate of drug-likeness (QED) is 0.898. The Morgan fingerprint density at radius 1 is 1.50 bits per heavy atom. The molecule has 3 nitrogen and oxygen atoms in total. The Bertz CT molecular complexity index is 456. The highest BCUT2D eigenvalue weighted by atomic mass is 35.5. The zero-order chi connectivity index (χ0) is 14.0. The summed E-state index contributed by atoms with van der Waals surface area (Å²) in [6.45, 7) is 6.65. The lowest BCUT2D eigenvalue weighted by atomic mass is 9.88. The molecule has 3 N–H and O–H groups in total. The van der Waals surface area contributed by atoms with Crippen molar-refractivity contribution in [1.29, 1.82) is 0 Å². The number of benzene rings is 1. The minimum absolute atomic E-state index is 0. The molecule has 0 saturated heterocycles. The van der Waals surface area contributed by atoms with E-state index in [9.17, 15) is 4.79 Å². The first-order valence-corrected chi connectivity index (χ1v) is 7.61. The van der Waals surface area contributed by atoms with Gasteiger partial charge in [-0.1, -0.05) is 32.0 Å². The van der Waals surface area contributed by atoms with Crippen LogP contribution in [-0.4, -0.2) is 23.2 Å². The fourth-order valence-corrected chi connectivity index (χ4v) is 3.32. The first-order valence-electron chi connectivity index (χ1n) is 6.73. The van der Waals surface area contributed by atoms with E-state index in [1.165, 1.54) is 10.5 Å². The standard InChI is InChI=1S/C15H22N2OS.ClH/c1-10(2)15(3,9-16)17-14(18)13-8-11-6-4-5-7-12(11)19-13;/h4-7,10,13H,8-9,16H2,1-3H3,(H,17,18);1H. The van der Waals surface area contributed by atoms with Crippen molar-refractivity contribution < 1.29 is 4.79 Å². The van der Waals surface area contributed by atoms with Gasteiger partial charge in [-0.2, -0.15) is 0 Å². The number of nitrogens with two attached hydrogens (primary N) is 1. The lowest BCUT2D eigenvalue weighted by molar-refractivity contribution is -0.122. The van der Waals surface area contributed by atoms with Gasteiger partial charge in [0.25, 0.3) is 0 Å². The van der Waals surface area contributed by atoms with Gasteiger partial charge in [0.05, 0.1) is 10.8 Å². The van der Waals surface area contributed by atoms with E-state index < -0.39 is 0 Å². The van der Waals surface area contributed by atoms with Crippen molar-refractivity contribution in [2.45, 2.75) is 42.9 Å². The average Bonchev–Trinajstić information content (AvgIpc) is 2.82. The lowest BCUT2D eigenvalue weighted by Crippen LogP contribution is -2.56. The van der Waals surface area contributed by atoms with E-state index in [0.29, 0.717) is 12.5 Å². The van der Waals surface area contributed by atoms with E-state index in [4.69, 9.17) is 5.73 Å². The molecular weight excluding hydrogens is 292 g/mol. The summed E-state index contributed by atoms with van der Waals surface area (Å²) in [6, 6.07) is 8.22. The molecule has 0 aromatic heterocycles. The summed E-state index contributed by atoms with van der Waals surface area (Å²) in [6.07, 6.45) is 0.811. The number of nitrogens with one attached hydrogen (secondary N) is 1. The van der Waals surface area contributed by atoms with E-state index in [1.54, 1.807) is 11.8 Å². The first kappa shape index (κ1) is 17.3. The van der Waals surface area contributed by atoms with E-state index >= 15 is 0 Å². The van der Waals surface area contributed by atoms with Gasteiger partial charge in [-0.3, -0.25) is 4.79 Å². The second kappa shape index (κ2) is 6.83. The summed E-state index contributed by atoms with van der Waals surface area (Å²) < 4.78 is 0. The Balaban J connectivity index is 0.00000200. The molecule has 0 fully saturated rings. The molecule has 5 heteroatoms. The van der Waals surface area contributed by atoms with Crippen LogP contribution in [0.2, 0.25) is 0 Å². The number of carbonyl (C=O) groups is 1. The summed E-state index contributed by atoms with van der Waals surface area (Å²) in [5, 5.41) is 3.11. The van der Waals surface area contributed by atoms with Gasteiger partial charge in [-0.05, 0) is 30.9 Å². The van der Waals surface area contributed by atoms with Crippen LogP contribution in [0.4, 0.5) is 0 Å². The van der Waals surface area contributed by atoms with Gasteiger partial charge >= 0.3 is 0 Å². The zero-order valence-corrected chi connectivity index (χ0v) is 13.8. The SMILES string of the molecule is CC(C)C(C)(CN)NC(=O)C1Cc2ccccc2S1.Cl. The molecular formula is C15H23ClN2OS. The van der Waals surface area contributed by atoms with Crippen molar-refractivity contribution in [2.24, 2.45) is 11.7 Å². The van der Waals surface area contributed by atoms with Crippen molar-refractivity contribution in [2.75, 3.05) is 6.54 Å². The van der Waals surface area contributed by atoms with Crippen molar-refractivity contribution in [3.05, 3.63) is 29.8 Å². The predicted molar refractivity (Wildman–Crippen MR) is 87.5 cm³/mol. The largest absolute Gasteiger partial charge is 0.348 e. The van der Waals surface area contributed by atoms with Crippen molar-refractivity contribution in [3.8, 4) is 0 Å². The Morgan fingerprint density at radius 2 is 2.15 bits per heavy atom. The van der Waals surface area contributed by atoms with Crippen LogP contribution in [0.5, 0.6) is 0 Å². The number of carbonyl (C=O) groups excluding carboxylic acids is 1. The average molecular weight is 315 g/mol. The molecule has 2 rings (SSSR count). The zero-order valence-electron chi connectivity index (χ0n) is 12.2. The van der Waals surface area contributed by atoms with Gasteiger partial charge < -0.3 is 11.1 Å². The molecule has 1 aromatic rings. The summed E-state index contributed by atoms with van der Waals surface area (Å²) in [5.74, 6) is 0.415. The maximum absolute atomic E-state index is 12.4. The van der Waals surface area contributed by atoms with Crippen LogP contribution in [0.3, 0.4) is 0 Å². The second-order valence-electron chi connectivity index (χ2n) is 5.68. The molecule has 0 spiro atoms. The number of thioether (sulfide) groups is 1. The van der Waals surface area contributed by atoms with Crippen LogP contribution in [0.25, 0.3) is 0 Å². The fourth-order valence-electron chi connectivity index (χ4n) is 2.12. The van der Waals surface area contributed by atoms with Crippen LogP contribution in [0.15, 0.2) is 29.2 Å². The van der Waals surface area contributed by atoms with E-state index in [0.717, 1.165) is 6.42 Å². The van der Waals surface area contributed by atoms with Crippen LogP contribution in [0, 0.1) is 5.92 Å². The van der Waals surface area contributed by atoms with Crippen LogP contribution in [-0.2, 0) is 11.2 Å². The van der Waals surface area contributed by atoms with Crippen LogP contribution < -0.4 is 11.1 Å². The van der Waals surface area contributed by atoms with Gasteiger partial charge in [0.2, 0.25) is 5.91 Å². The normalized spacial score (nSPS) is 19.9. The third-order valence-electron chi connectivity index (χ3n) is 4.05. The Labute approximate surface area is 131 Å². The third kappa shape index (κ3) is 3.48. The Hall–Kier alpha value is -0.710. The molecule has 1 aliphatic heterocycles. The highest BCUT2D eigenvalue weighted by Gasteiger charge is 2.34. The molecule has 0 bridgehead atoms. The van der Waals surface area contributed by atoms with Gasteiger partial charge in [0.15, 0.2) is 0 Å². The first-order chi connectivity index (χ1) is 8.96. The Kier molecular flexibility index (Phi) is 5.92. The van der Waals surface area contributed by atoms with Gasteiger partial charge in [-0.15, -0.1) is 24.2 Å². The molecule has 1 heterocycles. The molecule has 0 aliphatic carbocycles. The molecule has 2 unspecified atom stereocenters.